The highest BCUT2D eigenvalue weighted by Crippen LogP contribution is 2.17. The van der Waals surface area contributed by atoms with Crippen LogP contribution in [0, 0.1) is 5.82 Å². The van der Waals surface area contributed by atoms with Gasteiger partial charge >= 0.3 is 0 Å². The smallest absolute Gasteiger partial charge is 0.123 e. The molecule has 0 saturated heterocycles. The number of hydrogen-bond donors (Lipinski definition) is 0. The molecule has 0 radical (unpaired) electrons. The largest absolute Gasteiger partial charge is 0.207 e. The van der Waals surface area contributed by atoms with E-state index >= 15 is 0 Å². The zero-order valence-electron chi connectivity index (χ0n) is 7.69. The summed E-state index contributed by atoms with van der Waals surface area (Å²) in [6.07, 6.45) is 0. The summed E-state index contributed by atoms with van der Waals surface area (Å²) in [5, 5.41) is 0. The average Bonchev–Trinajstić information content (AvgIpc) is 2.04. The van der Waals surface area contributed by atoms with Crippen LogP contribution < -0.4 is 0 Å². The zero-order chi connectivity index (χ0) is 9.14. The lowest BCUT2D eigenvalue weighted by Gasteiger charge is -2.03. The Kier molecular flexibility index (Phi) is 2.64. The fraction of sp³-hybridized carbons (Fsp3) is 0.273. The third-order valence-corrected chi connectivity index (χ3v) is 2.03. The fourth-order valence-corrected chi connectivity index (χ4v) is 0.989. The van der Waals surface area contributed by atoms with E-state index in [0.717, 1.165) is 5.56 Å². The maximum atomic E-state index is 12.5. The van der Waals surface area contributed by atoms with E-state index in [1.807, 2.05) is 6.92 Å². The Balaban J connectivity index is 3.06. The fourth-order valence-electron chi connectivity index (χ4n) is 0.989. The number of rotatable bonds is 1. The molecule has 0 nitrogen and oxygen atoms in total. The first-order valence-corrected chi connectivity index (χ1v) is 4.01. The van der Waals surface area contributed by atoms with Crippen molar-refractivity contribution >= 4 is 5.57 Å². The molecule has 1 aromatic carbocycles. The van der Waals surface area contributed by atoms with Crippen LogP contribution >= 0.6 is 0 Å². The van der Waals surface area contributed by atoms with Crippen LogP contribution in [0.5, 0.6) is 0 Å². The van der Waals surface area contributed by atoms with Gasteiger partial charge < -0.3 is 0 Å². The van der Waals surface area contributed by atoms with Gasteiger partial charge in [0, 0.05) is 0 Å². The number of halogens is 1. The molecule has 0 atom stereocenters. The molecule has 0 unspecified atom stereocenters. The normalized spacial score (nSPS) is 9.67. The van der Waals surface area contributed by atoms with Crippen LogP contribution in [0.4, 0.5) is 4.39 Å². The third-order valence-electron chi connectivity index (χ3n) is 2.03. The summed E-state index contributed by atoms with van der Waals surface area (Å²) in [4.78, 5) is 0. The third kappa shape index (κ3) is 1.94. The molecule has 12 heavy (non-hydrogen) atoms. The van der Waals surface area contributed by atoms with Crippen molar-refractivity contribution < 1.29 is 4.39 Å². The Labute approximate surface area is 72.7 Å². The van der Waals surface area contributed by atoms with E-state index in [9.17, 15) is 4.39 Å². The first-order chi connectivity index (χ1) is 5.61. The second-order valence-electron chi connectivity index (χ2n) is 3.13. The summed E-state index contributed by atoms with van der Waals surface area (Å²) < 4.78 is 12.5. The Morgan fingerprint density at radius 1 is 1.00 bits per heavy atom. The van der Waals surface area contributed by atoms with Crippen molar-refractivity contribution in [1.29, 1.82) is 0 Å². The molecule has 1 rings (SSSR count). The van der Waals surface area contributed by atoms with Crippen molar-refractivity contribution in [3.63, 3.8) is 0 Å². The molecule has 0 aliphatic heterocycles. The van der Waals surface area contributed by atoms with Crippen molar-refractivity contribution in [1.82, 2.24) is 0 Å². The quantitative estimate of drug-likeness (QED) is 0.594. The topological polar surface area (TPSA) is 0 Å². The molecule has 0 heterocycles. The number of benzene rings is 1. The van der Waals surface area contributed by atoms with Gasteiger partial charge in [0.15, 0.2) is 0 Å². The van der Waals surface area contributed by atoms with E-state index in [2.05, 4.69) is 13.8 Å². The van der Waals surface area contributed by atoms with Crippen molar-refractivity contribution in [2.24, 2.45) is 0 Å². The summed E-state index contributed by atoms with van der Waals surface area (Å²) in [6, 6.07) is 6.58. The van der Waals surface area contributed by atoms with Gasteiger partial charge in [-0.25, -0.2) is 4.39 Å². The van der Waals surface area contributed by atoms with E-state index in [0.29, 0.717) is 0 Å². The molecule has 0 N–H and O–H groups in total. The Morgan fingerprint density at radius 2 is 1.50 bits per heavy atom. The molecule has 0 aliphatic rings. The minimum absolute atomic E-state index is 0.180. The molecule has 0 aromatic heterocycles. The molecule has 0 saturated carbocycles. The molecule has 1 heteroatoms. The molecule has 0 spiro atoms. The minimum atomic E-state index is -0.180. The summed E-state index contributed by atoms with van der Waals surface area (Å²) >= 11 is 0. The van der Waals surface area contributed by atoms with Gasteiger partial charge in [0.25, 0.3) is 0 Å². The van der Waals surface area contributed by atoms with E-state index in [1.165, 1.54) is 23.3 Å². The van der Waals surface area contributed by atoms with E-state index in [1.54, 1.807) is 12.1 Å². The average molecular weight is 164 g/mol. The monoisotopic (exact) mass is 164 g/mol. The van der Waals surface area contributed by atoms with Crippen molar-refractivity contribution in [3.8, 4) is 0 Å². The van der Waals surface area contributed by atoms with Crippen LogP contribution in [0.25, 0.3) is 5.57 Å². The van der Waals surface area contributed by atoms with Crippen LogP contribution in [0.15, 0.2) is 29.8 Å². The predicted octanol–water partition coefficient (Wildman–Crippen LogP) is 3.64. The van der Waals surface area contributed by atoms with Gasteiger partial charge in [0.2, 0.25) is 0 Å². The SMILES string of the molecule is CC(C)=C(C)c1ccc(F)cc1. The molecule has 0 fully saturated rings. The summed E-state index contributed by atoms with van der Waals surface area (Å²) in [5.41, 5.74) is 3.58. The van der Waals surface area contributed by atoms with Crippen LogP contribution in [0.1, 0.15) is 26.3 Å². The highest BCUT2D eigenvalue weighted by atomic mass is 19.1. The Morgan fingerprint density at radius 3 is 1.92 bits per heavy atom. The van der Waals surface area contributed by atoms with Gasteiger partial charge in [-0.15, -0.1) is 0 Å². The van der Waals surface area contributed by atoms with Gasteiger partial charge in [-0.2, -0.15) is 0 Å². The van der Waals surface area contributed by atoms with Gasteiger partial charge in [-0.05, 0) is 44.0 Å². The lowest BCUT2D eigenvalue weighted by molar-refractivity contribution is 0.627. The van der Waals surface area contributed by atoms with E-state index in [-0.39, 0.29) is 5.82 Å². The lowest BCUT2D eigenvalue weighted by atomic mass is 10.0. The molecular formula is C11H13F. The Bertz CT molecular complexity index is 289. The summed E-state index contributed by atoms with van der Waals surface area (Å²) in [5.74, 6) is -0.180. The highest BCUT2D eigenvalue weighted by Gasteiger charge is 1.96. The standard InChI is InChI=1S/C11H13F/c1-8(2)9(3)10-4-6-11(12)7-5-10/h4-7H,1-3H3. The molecule has 0 amide bonds. The van der Waals surface area contributed by atoms with Crippen molar-refractivity contribution in [2.45, 2.75) is 20.8 Å². The van der Waals surface area contributed by atoms with Crippen LogP contribution in [-0.2, 0) is 0 Å². The van der Waals surface area contributed by atoms with Gasteiger partial charge in [0.05, 0.1) is 0 Å². The zero-order valence-corrected chi connectivity index (χ0v) is 7.69. The Hall–Kier alpha value is -1.11. The molecule has 0 aliphatic carbocycles. The molecule has 0 bridgehead atoms. The lowest BCUT2D eigenvalue weighted by Crippen LogP contribution is -1.82. The number of hydrogen-bond acceptors (Lipinski definition) is 0. The second-order valence-corrected chi connectivity index (χ2v) is 3.13. The molecule has 64 valence electrons. The van der Waals surface area contributed by atoms with Gasteiger partial charge in [-0.1, -0.05) is 17.7 Å². The van der Waals surface area contributed by atoms with Crippen LogP contribution in [-0.4, -0.2) is 0 Å². The first-order valence-electron chi connectivity index (χ1n) is 4.01. The van der Waals surface area contributed by atoms with Gasteiger partial charge in [-0.3, -0.25) is 0 Å². The van der Waals surface area contributed by atoms with E-state index < -0.39 is 0 Å². The minimum Gasteiger partial charge on any atom is -0.207 e. The maximum absolute atomic E-state index is 12.5. The predicted molar refractivity (Wildman–Crippen MR) is 50.3 cm³/mol. The van der Waals surface area contributed by atoms with Crippen LogP contribution in [0.2, 0.25) is 0 Å². The maximum Gasteiger partial charge on any atom is 0.123 e. The van der Waals surface area contributed by atoms with E-state index in [4.69, 9.17) is 0 Å². The molecule has 1 aromatic rings. The van der Waals surface area contributed by atoms with Crippen LogP contribution in [0.3, 0.4) is 0 Å². The van der Waals surface area contributed by atoms with Crippen molar-refractivity contribution in [2.75, 3.05) is 0 Å². The molecular weight excluding hydrogens is 151 g/mol. The summed E-state index contributed by atoms with van der Waals surface area (Å²) in [7, 11) is 0. The van der Waals surface area contributed by atoms with Crippen molar-refractivity contribution in [3.05, 3.63) is 41.2 Å². The second kappa shape index (κ2) is 3.53. The first kappa shape index (κ1) is 8.98. The highest BCUT2D eigenvalue weighted by molar-refractivity contribution is 5.65. The number of allylic oxidation sites excluding steroid dienone is 2. The van der Waals surface area contributed by atoms with Gasteiger partial charge in [0.1, 0.15) is 5.82 Å². The summed E-state index contributed by atoms with van der Waals surface area (Å²) in [6.45, 7) is 6.15.